The summed E-state index contributed by atoms with van der Waals surface area (Å²) < 4.78 is 6.26. The van der Waals surface area contributed by atoms with Crippen molar-refractivity contribution in [1.82, 2.24) is 23.1 Å². The first-order chi connectivity index (χ1) is 11.8. The molecule has 1 aromatic carbocycles. The predicted molar refractivity (Wildman–Crippen MR) is 97.0 cm³/mol. The zero-order chi connectivity index (χ0) is 18.0. The summed E-state index contributed by atoms with van der Waals surface area (Å²) in [7, 11) is 3.09. The molecule has 0 fully saturated rings. The van der Waals surface area contributed by atoms with Gasteiger partial charge in [-0.3, -0.25) is 22.9 Å². The number of hydrogen-bond acceptors (Lipinski definition) is 3. The molecule has 0 saturated carbocycles. The van der Waals surface area contributed by atoms with Crippen LogP contribution in [0.2, 0.25) is 5.02 Å². The van der Waals surface area contributed by atoms with Crippen LogP contribution in [0.4, 0.5) is 0 Å². The first kappa shape index (κ1) is 15.7. The number of aryl methyl sites for hydroxylation is 2. The Balaban J connectivity index is 2.24. The molecule has 0 aliphatic rings. The minimum Gasteiger partial charge on any atom is -0.283 e. The van der Waals surface area contributed by atoms with Crippen LogP contribution in [-0.4, -0.2) is 23.1 Å². The molecule has 0 aliphatic carbocycles. The molecular formula is C17H16ClN5O2. The minimum atomic E-state index is -0.398. The second-order valence-electron chi connectivity index (χ2n) is 6.11. The molecule has 0 N–H and O–H groups in total. The Morgan fingerprint density at radius 2 is 1.60 bits per heavy atom. The van der Waals surface area contributed by atoms with Crippen molar-refractivity contribution in [2.75, 3.05) is 0 Å². The average molecular weight is 358 g/mol. The molecule has 128 valence electrons. The molecule has 3 aromatic heterocycles. The van der Waals surface area contributed by atoms with Crippen molar-refractivity contribution in [2.24, 2.45) is 14.1 Å². The van der Waals surface area contributed by atoms with Gasteiger partial charge in [0.15, 0.2) is 11.2 Å². The first-order valence-corrected chi connectivity index (χ1v) is 8.12. The van der Waals surface area contributed by atoms with E-state index in [1.165, 1.54) is 11.6 Å². The lowest BCUT2D eigenvalue weighted by Gasteiger charge is -2.06. The Kier molecular flexibility index (Phi) is 3.20. The summed E-state index contributed by atoms with van der Waals surface area (Å²) in [6, 6.07) is 7.40. The van der Waals surface area contributed by atoms with Crippen LogP contribution in [0, 0.1) is 13.8 Å². The fraction of sp³-hybridized carbons (Fsp3) is 0.235. The minimum absolute atomic E-state index is 0.359. The van der Waals surface area contributed by atoms with Gasteiger partial charge in [0.2, 0.25) is 5.78 Å². The van der Waals surface area contributed by atoms with Crippen LogP contribution in [-0.2, 0) is 14.1 Å². The van der Waals surface area contributed by atoms with Crippen LogP contribution in [0.1, 0.15) is 11.4 Å². The van der Waals surface area contributed by atoms with E-state index in [4.69, 9.17) is 11.6 Å². The van der Waals surface area contributed by atoms with Gasteiger partial charge in [0.1, 0.15) is 0 Å². The fourth-order valence-electron chi connectivity index (χ4n) is 3.22. The summed E-state index contributed by atoms with van der Waals surface area (Å²) in [5.74, 6) is 0.589. The average Bonchev–Trinajstić information content (AvgIpc) is 3.09. The van der Waals surface area contributed by atoms with Crippen molar-refractivity contribution in [3.8, 4) is 5.69 Å². The van der Waals surface area contributed by atoms with Gasteiger partial charge in [-0.1, -0.05) is 11.6 Å². The third-order valence-corrected chi connectivity index (χ3v) is 4.97. The van der Waals surface area contributed by atoms with E-state index in [2.05, 4.69) is 4.98 Å². The molecule has 4 rings (SSSR count). The third-order valence-electron chi connectivity index (χ3n) is 4.72. The molecule has 7 nitrogen and oxygen atoms in total. The van der Waals surface area contributed by atoms with Crippen LogP contribution in [0.25, 0.3) is 22.6 Å². The Bertz CT molecular complexity index is 1270. The van der Waals surface area contributed by atoms with Crippen LogP contribution >= 0.6 is 11.6 Å². The van der Waals surface area contributed by atoms with Gasteiger partial charge in [-0.25, -0.2) is 4.79 Å². The number of nitrogens with zero attached hydrogens (tertiary/aromatic N) is 5. The number of benzene rings is 1. The molecule has 0 amide bonds. The molecule has 25 heavy (non-hydrogen) atoms. The number of hydrogen-bond donors (Lipinski definition) is 0. The number of imidazole rings is 2. The second-order valence-corrected chi connectivity index (χ2v) is 6.54. The molecular weight excluding hydrogens is 342 g/mol. The van der Waals surface area contributed by atoms with Gasteiger partial charge < -0.3 is 0 Å². The molecule has 0 unspecified atom stereocenters. The van der Waals surface area contributed by atoms with Crippen molar-refractivity contribution in [3.63, 3.8) is 0 Å². The summed E-state index contributed by atoms with van der Waals surface area (Å²) in [6.07, 6.45) is 0. The Morgan fingerprint density at radius 3 is 2.24 bits per heavy atom. The maximum Gasteiger partial charge on any atom is 0.332 e. The monoisotopic (exact) mass is 357 g/mol. The summed E-state index contributed by atoms with van der Waals surface area (Å²) in [4.78, 5) is 29.5. The van der Waals surface area contributed by atoms with E-state index in [1.54, 1.807) is 23.6 Å². The van der Waals surface area contributed by atoms with E-state index < -0.39 is 5.69 Å². The standard InChI is InChI=1S/C17H16ClN5O2/c1-9-10(2)23-13-14(20(3)17(25)21(4)15(13)24)19-16(23)22(9)12-7-5-11(18)6-8-12/h5-8H,1-4H3. The van der Waals surface area contributed by atoms with Crippen molar-refractivity contribution >= 4 is 28.5 Å². The Labute approximate surface area is 147 Å². The summed E-state index contributed by atoms with van der Waals surface area (Å²) in [5.41, 5.74) is 2.75. The molecule has 4 aromatic rings. The SMILES string of the molecule is Cc1c(C)n2c3c(=O)n(C)c(=O)n(C)c3nc2n1-c1ccc(Cl)cc1. The molecule has 0 saturated heterocycles. The van der Waals surface area contributed by atoms with Crippen LogP contribution in [0.3, 0.4) is 0 Å². The van der Waals surface area contributed by atoms with Gasteiger partial charge in [0.05, 0.1) is 0 Å². The molecule has 0 bridgehead atoms. The highest BCUT2D eigenvalue weighted by molar-refractivity contribution is 6.30. The number of fused-ring (bicyclic) bond motifs is 3. The fourth-order valence-corrected chi connectivity index (χ4v) is 3.35. The largest absolute Gasteiger partial charge is 0.332 e. The Morgan fingerprint density at radius 1 is 0.960 bits per heavy atom. The van der Waals surface area contributed by atoms with Crippen molar-refractivity contribution in [2.45, 2.75) is 13.8 Å². The smallest absolute Gasteiger partial charge is 0.283 e. The molecule has 8 heteroatoms. The van der Waals surface area contributed by atoms with E-state index in [9.17, 15) is 9.59 Å². The maximum absolute atomic E-state index is 12.7. The van der Waals surface area contributed by atoms with E-state index in [1.807, 2.05) is 30.5 Å². The molecule has 0 atom stereocenters. The normalized spacial score (nSPS) is 11.7. The van der Waals surface area contributed by atoms with Gasteiger partial charge in [-0.15, -0.1) is 0 Å². The maximum atomic E-state index is 12.7. The van der Waals surface area contributed by atoms with Gasteiger partial charge in [-0.05, 0) is 38.1 Å². The lowest BCUT2D eigenvalue weighted by atomic mass is 10.3. The highest BCUT2D eigenvalue weighted by atomic mass is 35.5. The van der Waals surface area contributed by atoms with Crippen LogP contribution in [0.5, 0.6) is 0 Å². The van der Waals surface area contributed by atoms with Crippen LogP contribution in [0.15, 0.2) is 33.9 Å². The zero-order valence-electron chi connectivity index (χ0n) is 14.2. The number of rotatable bonds is 1. The van der Waals surface area contributed by atoms with E-state index in [-0.39, 0.29) is 5.56 Å². The van der Waals surface area contributed by atoms with Gasteiger partial charge >= 0.3 is 5.69 Å². The third kappa shape index (κ3) is 1.96. The van der Waals surface area contributed by atoms with Crippen molar-refractivity contribution in [3.05, 3.63) is 61.5 Å². The van der Waals surface area contributed by atoms with Crippen molar-refractivity contribution < 1.29 is 0 Å². The van der Waals surface area contributed by atoms with E-state index >= 15 is 0 Å². The zero-order valence-corrected chi connectivity index (χ0v) is 15.0. The van der Waals surface area contributed by atoms with Gasteiger partial charge in [-0.2, -0.15) is 4.98 Å². The first-order valence-electron chi connectivity index (χ1n) is 7.75. The molecule has 0 aliphatic heterocycles. The van der Waals surface area contributed by atoms with Crippen LogP contribution < -0.4 is 11.2 Å². The lowest BCUT2D eigenvalue weighted by Crippen LogP contribution is -2.37. The molecule has 3 heterocycles. The molecule has 0 spiro atoms. The quantitative estimate of drug-likeness (QED) is 0.523. The number of halogens is 1. The second kappa shape index (κ2) is 5.10. The lowest BCUT2D eigenvalue weighted by molar-refractivity contribution is 0.707. The Hall–Kier alpha value is -2.80. The topological polar surface area (TPSA) is 66.2 Å². The summed E-state index contributed by atoms with van der Waals surface area (Å²) in [6.45, 7) is 3.90. The summed E-state index contributed by atoms with van der Waals surface area (Å²) >= 11 is 5.99. The van der Waals surface area contributed by atoms with Crippen molar-refractivity contribution in [1.29, 1.82) is 0 Å². The van der Waals surface area contributed by atoms with Gasteiger partial charge in [0.25, 0.3) is 5.56 Å². The molecule has 0 radical (unpaired) electrons. The summed E-state index contributed by atoms with van der Waals surface area (Å²) in [5, 5.41) is 0.645. The highest BCUT2D eigenvalue weighted by Crippen LogP contribution is 2.25. The highest BCUT2D eigenvalue weighted by Gasteiger charge is 2.22. The van der Waals surface area contributed by atoms with Gasteiger partial charge in [0, 0.05) is 36.2 Å². The predicted octanol–water partition coefficient (Wildman–Crippen LogP) is 1.95. The van der Waals surface area contributed by atoms with E-state index in [0.717, 1.165) is 21.6 Å². The van der Waals surface area contributed by atoms with E-state index in [0.29, 0.717) is 22.0 Å². The number of aromatic nitrogens is 5.